The molecule has 1 heterocycles. The molecule has 3 rings (SSSR count). The molecule has 1 amide bonds. The lowest BCUT2D eigenvalue weighted by atomic mass is 9.89. The Hall–Kier alpha value is -2.43. The second kappa shape index (κ2) is 9.86. The smallest absolute Gasteiger partial charge is 0.257 e. The summed E-state index contributed by atoms with van der Waals surface area (Å²) >= 11 is 6.89. The summed E-state index contributed by atoms with van der Waals surface area (Å²) in [5, 5.41) is 16.3. The number of hydrogen-bond acceptors (Lipinski definition) is 5. The number of thiophene rings is 1. The fourth-order valence-corrected chi connectivity index (χ4v) is 4.95. The largest absolute Gasteiger partial charge is 0.494 e. The first-order valence-corrected chi connectivity index (χ1v) is 11.1. The minimum Gasteiger partial charge on any atom is -0.494 e. The molecular weight excluding hydrogens is 402 g/mol. The van der Waals surface area contributed by atoms with Crippen molar-refractivity contribution >= 4 is 39.6 Å². The van der Waals surface area contributed by atoms with Crippen LogP contribution in [0.4, 0.5) is 5.00 Å². The number of carbonyl (C=O) groups excluding carboxylic acids is 1. The SMILES string of the molecule is CCCCOc1cccc(C(=O)NC(=S)Nc2sc3c(c2C#N)CCC(C)C3)c1. The van der Waals surface area contributed by atoms with Crippen molar-refractivity contribution in [3.63, 3.8) is 0 Å². The molecule has 0 saturated heterocycles. The van der Waals surface area contributed by atoms with Crippen LogP contribution in [-0.4, -0.2) is 17.6 Å². The number of ether oxygens (including phenoxy) is 1. The molecule has 1 atom stereocenters. The molecule has 1 unspecified atom stereocenters. The van der Waals surface area contributed by atoms with Crippen molar-refractivity contribution in [2.45, 2.75) is 46.0 Å². The monoisotopic (exact) mass is 427 g/mol. The molecule has 0 spiro atoms. The van der Waals surface area contributed by atoms with Gasteiger partial charge in [0, 0.05) is 10.4 Å². The van der Waals surface area contributed by atoms with Gasteiger partial charge in [-0.1, -0.05) is 26.3 Å². The van der Waals surface area contributed by atoms with E-state index in [0.29, 0.717) is 34.4 Å². The van der Waals surface area contributed by atoms with Crippen molar-refractivity contribution in [2.24, 2.45) is 5.92 Å². The number of unbranched alkanes of at least 4 members (excludes halogenated alkanes) is 1. The lowest BCUT2D eigenvalue weighted by Gasteiger charge is -2.17. The van der Waals surface area contributed by atoms with E-state index in [9.17, 15) is 10.1 Å². The van der Waals surface area contributed by atoms with Crippen LogP contribution in [-0.2, 0) is 12.8 Å². The highest BCUT2D eigenvalue weighted by Crippen LogP contribution is 2.39. The standard InChI is InChI=1S/C22H25N3O2S2/c1-3-4-10-27-16-7-5-6-15(12-16)20(26)24-22(28)25-21-18(13-23)17-9-8-14(2)11-19(17)29-21/h5-7,12,14H,3-4,8-11H2,1-2H3,(H2,24,25,26,28). The van der Waals surface area contributed by atoms with Gasteiger partial charge >= 0.3 is 0 Å². The number of amides is 1. The normalized spacial score (nSPS) is 15.1. The summed E-state index contributed by atoms with van der Waals surface area (Å²) in [7, 11) is 0. The van der Waals surface area contributed by atoms with Crippen molar-refractivity contribution in [2.75, 3.05) is 11.9 Å². The van der Waals surface area contributed by atoms with Gasteiger partial charge in [0.05, 0.1) is 12.2 Å². The van der Waals surface area contributed by atoms with Crippen molar-refractivity contribution in [1.29, 1.82) is 5.26 Å². The molecule has 0 saturated carbocycles. The first-order valence-electron chi connectivity index (χ1n) is 9.91. The molecule has 1 aromatic carbocycles. The number of nitriles is 1. The minimum atomic E-state index is -0.308. The topological polar surface area (TPSA) is 74.2 Å². The number of anilines is 1. The molecule has 152 valence electrons. The highest BCUT2D eigenvalue weighted by atomic mass is 32.1. The summed E-state index contributed by atoms with van der Waals surface area (Å²) in [6.07, 6.45) is 5.02. The van der Waals surface area contributed by atoms with Crippen molar-refractivity contribution in [1.82, 2.24) is 5.32 Å². The quantitative estimate of drug-likeness (QED) is 0.498. The molecule has 1 aliphatic carbocycles. The van der Waals surface area contributed by atoms with Crippen LogP contribution in [0.1, 0.15) is 59.5 Å². The molecule has 0 aliphatic heterocycles. The lowest BCUT2D eigenvalue weighted by Crippen LogP contribution is -2.34. The van der Waals surface area contributed by atoms with Gasteiger partial charge in [0.1, 0.15) is 16.8 Å². The Kier molecular flexibility index (Phi) is 7.24. The third-order valence-electron chi connectivity index (χ3n) is 4.94. The van der Waals surface area contributed by atoms with Gasteiger partial charge in [-0.3, -0.25) is 10.1 Å². The van der Waals surface area contributed by atoms with E-state index in [4.69, 9.17) is 17.0 Å². The lowest BCUT2D eigenvalue weighted by molar-refractivity contribution is 0.0977. The summed E-state index contributed by atoms with van der Waals surface area (Å²) in [5.41, 5.74) is 2.26. The van der Waals surface area contributed by atoms with Crippen LogP contribution >= 0.6 is 23.6 Å². The Morgan fingerprint density at radius 3 is 3.03 bits per heavy atom. The van der Waals surface area contributed by atoms with Crippen LogP contribution in [0.3, 0.4) is 0 Å². The van der Waals surface area contributed by atoms with Gasteiger partial charge in [-0.05, 0) is 67.6 Å². The summed E-state index contributed by atoms with van der Waals surface area (Å²) in [5.74, 6) is 0.979. The summed E-state index contributed by atoms with van der Waals surface area (Å²) in [4.78, 5) is 13.8. The highest BCUT2D eigenvalue weighted by molar-refractivity contribution is 7.80. The van der Waals surface area contributed by atoms with Crippen LogP contribution in [0.25, 0.3) is 0 Å². The molecule has 0 bridgehead atoms. The Balaban J connectivity index is 1.65. The van der Waals surface area contributed by atoms with E-state index < -0.39 is 0 Å². The average molecular weight is 428 g/mol. The summed E-state index contributed by atoms with van der Waals surface area (Å²) in [6, 6.07) is 9.35. The molecule has 2 aromatic rings. The molecule has 29 heavy (non-hydrogen) atoms. The van der Waals surface area contributed by atoms with E-state index in [1.54, 1.807) is 29.5 Å². The van der Waals surface area contributed by atoms with Gasteiger partial charge in [-0.15, -0.1) is 11.3 Å². The Morgan fingerprint density at radius 1 is 1.45 bits per heavy atom. The van der Waals surface area contributed by atoms with Crippen molar-refractivity contribution < 1.29 is 9.53 Å². The zero-order chi connectivity index (χ0) is 20.8. The van der Waals surface area contributed by atoms with Gasteiger partial charge < -0.3 is 10.1 Å². The number of benzene rings is 1. The molecule has 1 aliphatic rings. The minimum absolute atomic E-state index is 0.190. The zero-order valence-corrected chi connectivity index (χ0v) is 18.3. The average Bonchev–Trinajstić information content (AvgIpc) is 3.04. The zero-order valence-electron chi connectivity index (χ0n) is 16.7. The fraction of sp³-hybridized carbons (Fsp3) is 0.409. The van der Waals surface area contributed by atoms with Crippen LogP contribution in [0.15, 0.2) is 24.3 Å². The van der Waals surface area contributed by atoms with Crippen molar-refractivity contribution in [3.8, 4) is 11.8 Å². The molecule has 7 heteroatoms. The third kappa shape index (κ3) is 5.34. The third-order valence-corrected chi connectivity index (χ3v) is 6.31. The number of rotatable bonds is 6. The van der Waals surface area contributed by atoms with E-state index in [1.165, 1.54) is 4.88 Å². The van der Waals surface area contributed by atoms with E-state index in [1.807, 2.05) is 6.07 Å². The maximum Gasteiger partial charge on any atom is 0.257 e. The first-order chi connectivity index (χ1) is 14.0. The van der Waals surface area contributed by atoms with E-state index >= 15 is 0 Å². The van der Waals surface area contributed by atoms with Crippen LogP contribution in [0.5, 0.6) is 5.75 Å². The van der Waals surface area contributed by atoms with E-state index in [2.05, 4.69) is 30.6 Å². The van der Waals surface area contributed by atoms with Crippen LogP contribution < -0.4 is 15.4 Å². The van der Waals surface area contributed by atoms with Crippen LogP contribution in [0, 0.1) is 17.2 Å². The molecule has 5 nitrogen and oxygen atoms in total. The number of hydrogen-bond donors (Lipinski definition) is 2. The Labute approximate surface area is 181 Å². The highest BCUT2D eigenvalue weighted by Gasteiger charge is 2.24. The molecular formula is C22H25N3O2S2. The van der Waals surface area contributed by atoms with Gasteiger partial charge in [-0.25, -0.2) is 0 Å². The second-order valence-corrected chi connectivity index (χ2v) is 8.82. The van der Waals surface area contributed by atoms with E-state index in [0.717, 1.165) is 37.7 Å². The predicted octanol–water partition coefficient (Wildman–Crippen LogP) is 5.05. The van der Waals surface area contributed by atoms with E-state index in [-0.39, 0.29) is 11.0 Å². The molecule has 1 aromatic heterocycles. The first kappa shape index (κ1) is 21.3. The number of nitrogens with one attached hydrogen (secondary N) is 2. The molecule has 0 fully saturated rings. The number of fused-ring (bicyclic) bond motifs is 1. The summed E-state index contributed by atoms with van der Waals surface area (Å²) in [6.45, 7) is 4.95. The van der Waals surface area contributed by atoms with Gasteiger partial charge in [0.25, 0.3) is 5.91 Å². The molecule has 0 radical (unpaired) electrons. The fourth-order valence-electron chi connectivity index (χ4n) is 3.33. The van der Waals surface area contributed by atoms with Crippen LogP contribution in [0.2, 0.25) is 0 Å². The number of nitrogens with zero attached hydrogens (tertiary/aromatic N) is 1. The second-order valence-electron chi connectivity index (χ2n) is 7.31. The maximum absolute atomic E-state index is 12.6. The Morgan fingerprint density at radius 2 is 2.28 bits per heavy atom. The Bertz CT molecular complexity index is 946. The number of carbonyl (C=O) groups is 1. The predicted molar refractivity (Wildman–Crippen MR) is 121 cm³/mol. The van der Waals surface area contributed by atoms with Crippen molar-refractivity contribution in [3.05, 3.63) is 45.8 Å². The summed E-state index contributed by atoms with van der Waals surface area (Å²) < 4.78 is 5.66. The molecule has 2 N–H and O–H groups in total. The van der Waals surface area contributed by atoms with Gasteiger partial charge in [0.2, 0.25) is 0 Å². The van der Waals surface area contributed by atoms with Gasteiger partial charge in [0.15, 0.2) is 5.11 Å². The number of thiocarbonyl (C=S) groups is 1. The van der Waals surface area contributed by atoms with Gasteiger partial charge in [-0.2, -0.15) is 5.26 Å². The maximum atomic E-state index is 12.6.